The van der Waals surface area contributed by atoms with Crippen molar-refractivity contribution in [3.63, 3.8) is 0 Å². The first-order valence-electron chi connectivity index (χ1n) is 7.09. The van der Waals surface area contributed by atoms with Crippen molar-refractivity contribution in [3.05, 3.63) is 29.6 Å². The Morgan fingerprint density at radius 3 is 2.50 bits per heavy atom. The van der Waals surface area contributed by atoms with E-state index in [1.54, 1.807) is 6.20 Å². The summed E-state index contributed by atoms with van der Waals surface area (Å²) >= 11 is 5.07. The fourth-order valence-corrected chi connectivity index (χ4v) is 2.79. The molecule has 0 amide bonds. The number of nitrogens with zero attached hydrogens (tertiary/aromatic N) is 3. The Bertz CT molecular complexity index is 473. The highest BCUT2D eigenvalue weighted by Gasteiger charge is 2.26. The van der Waals surface area contributed by atoms with Crippen LogP contribution >= 0.6 is 12.2 Å². The van der Waals surface area contributed by atoms with Crippen LogP contribution in [-0.4, -0.2) is 51.5 Å². The lowest BCUT2D eigenvalue weighted by atomic mass is 10.0. The van der Waals surface area contributed by atoms with E-state index in [0.29, 0.717) is 4.99 Å². The standard InChI is InChI=1S/C15H24N4S/c1-15(2,3)19-9-7-18(8-10-19)11-12-5-4-6-17-13(12)14(16)20/h4-6H,7-11H2,1-3H3,(H2,16,20). The smallest absolute Gasteiger partial charge is 0.123 e. The van der Waals surface area contributed by atoms with Crippen molar-refractivity contribution in [1.29, 1.82) is 0 Å². The van der Waals surface area contributed by atoms with Crippen LogP contribution in [0.2, 0.25) is 0 Å². The summed E-state index contributed by atoms with van der Waals surface area (Å²) in [5.74, 6) is 0. The summed E-state index contributed by atoms with van der Waals surface area (Å²) in [5, 5.41) is 0. The third-order valence-electron chi connectivity index (χ3n) is 3.84. The minimum atomic E-state index is 0.254. The lowest BCUT2D eigenvalue weighted by Gasteiger charge is -2.42. The molecule has 2 heterocycles. The lowest BCUT2D eigenvalue weighted by Crippen LogP contribution is -2.53. The van der Waals surface area contributed by atoms with E-state index in [-0.39, 0.29) is 5.54 Å². The maximum absolute atomic E-state index is 5.74. The number of nitrogens with two attached hydrogens (primary N) is 1. The molecule has 1 fully saturated rings. The molecule has 0 aromatic carbocycles. The molecule has 0 spiro atoms. The number of aromatic nitrogens is 1. The molecule has 110 valence electrons. The van der Waals surface area contributed by atoms with Gasteiger partial charge in [0.2, 0.25) is 0 Å². The summed E-state index contributed by atoms with van der Waals surface area (Å²) in [6, 6.07) is 4.01. The fourth-order valence-electron chi connectivity index (χ4n) is 2.61. The average Bonchev–Trinajstić information content (AvgIpc) is 2.38. The van der Waals surface area contributed by atoms with Gasteiger partial charge in [0.15, 0.2) is 0 Å². The van der Waals surface area contributed by atoms with Crippen LogP contribution in [0.3, 0.4) is 0 Å². The van der Waals surface area contributed by atoms with Gasteiger partial charge in [-0.15, -0.1) is 0 Å². The second kappa shape index (κ2) is 6.16. The Kier molecular flexibility index (Phi) is 4.73. The van der Waals surface area contributed by atoms with Gasteiger partial charge in [-0.1, -0.05) is 18.3 Å². The highest BCUT2D eigenvalue weighted by Crippen LogP contribution is 2.17. The van der Waals surface area contributed by atoms with E-state index in [4.69, 9.17) is 18.0 Å². The summed E-state index contributed by atoms with van der Waals surface area (Å²) in [7, 11) is 0. The van der Waals surface area contributed by atoms with E-state index in [0.717, 1.165) is 44.0 Å². The summed E-state index contributed by atoms with van der Waals surface area (Å²) in [6.07, 6.45) is 1.75. The van der Waals surface area contributed by atoms with Gasteiger partial charge in [-0.25, -0.2) is 0 Å². The van der Waals surface area contributed by atoms with Gasteiger partial charge in [-0.3, -0.25) is 14.8 Å². The van der Waals surface area contributed by atoms with Crippen LogP contribution in [0.25, 0.3) is 0 Å². The summed E-state index contributed by atoms with van der Waals surface area (Å²) in [6.45, 7) is 12.0. The zero-order chi connectivity index (χ0) is 14.8. The Labute approximate surface area is 127 Å². The first-order chi connectivity index (χ1) is 9.38. The summed E-state index contributed by atoms with van der Waals surface area (Å²) in [5.41, 5.74) is 7.89. The van der Waals surface area contributed by atoms with Crippen LogP contribution in [0.5, 0.6) is 0 Å². The second-order valence-corrected chi connectivity index (χ2v) is 6.75. The van der Waals surface area contributed by atoms with Gasteiger partial charge in [0.25, 0.3) is 0 Å². The van der Waals surface area contributed by atoms with E-state index in [1.807, 2.05) is 6.07 Å². The Morgan fingerprint density at radius 1 is 1.30 bits per heavy atom. The predicted molar refractivity (Wildman–Crippen MR) is 86.7 cm³/mol. The monoisotopic (exact) mass is 292 g/mol. The molecule has 20 heavy (non-hydrogen) atoms. The van der Waals surface area contributed by atoms with Crippen molar-refractivity contribution < 1.29 is 0 Å². The molecule has 0 saturated carbocycles. The van der Waals surface area contributed by atoms with Crippen LogP contribution in [0.15, 0.2) is 18.3 Å². The maximum atomic E-state index is 5.74. The van der Waals surface area contributed by atoms with E-state index in [1.165, 1.54) is 0 Å². The van der Waals surface area contributed by atoms with E-state index in [2.05, 4.69) is 41.6 Å². The molecule has 0 radical (unpaired) electrons. The first kappa shape index (κ1) is 15.4. The van der Waals surface area contributed by atoms with Crippen molar-refractivity contribution in [2.45, 2.75) is 32.9 Å². The number of piperazine rings is 1. The zero-order valence-corrected chi connectivity index (χ0v) is 13.4. The zero-order valence-electron chi connectivity index (χ0n) is 12.6. The maximum Gasteiger partial charge on any atom is 0.123 e. The molecule has 1 aliphatic heterocycles. The molecule has 1 aromatic rings. The number of thiocarbonyl (C=S) groups is 1. The van der Waals surface area contributed by atoms with Crippen LogP contribution in [-0.2, 0) is 6.54 Å². The highest BCUT2D eigenvalue weighted by molar-refractivity contribution is 7.80. The molecular formula is C15H24N4S. The lowest BCUT2D eigenvalue weighted by molar-refractivity contribution is 0.0590. The van der Waals surface area contributed by atoms with Gasteiger partial charge in [-0.05, 0) is 32.4 Å². The molecule has 0 aliphatic carbocycles. The molecule has 1 aromatic heterocycles. The molecule has 0 atom stereocenters. The molecule has 4 nitrogen and oxygen atoms in total. The molecule has 1 aliphatic rings. The fraction of sp³-hybridized carbons (Fsp3) is 0.600. The number of pyridine rings is 1. The number of hydrogen-bond acceptors (Lipinski definition) is 4. The van der Waals surface area contributed by atoms with Crippen LogP contribution in [0.4, 0.5) is 0 Å². The van der Waals surface area contributed by atoms with Crippen molar-refractivity contribution >= 4 is 17.2 Å². The quantitative estimate of drug-likeness (QED) is 0.858. The summed E-state index contributed by atoms with van der Waals surface area (Å²) in [4.78, 5) is 9.65. The van der Waals surface area contributed by atoms with E-state index < -0.39 is 0 Å². The SMILES string of the molecule is CC(C)(C)N1CCN(Cc2cccnc2C(N)=S)CC1. The topological polar surface area (TPSA) is 45.4 Å². The molecule has 5 heteroatoms. The molecule has 0 unspecified atom stereocenters. The minimum Gasteiger partial charge on any atom is -0.388 e. The van der Waals surface area contributed by atoms with E-state index in [9.17, 15) is 0 Å². The van der Waals surface area contributed by atoms with Gasteiger partial charge < -0.3 is 5.73 Å². The normalized spacial score (nSPS) is 18.1. The predicted octanol–water partition coefficient (Wildman–Crippen LogP) is 1.63. The molecule has 1 saturated heterocycles. The van der Waals surface area contributed by atoms with E-state index >= 15 is 0 Å². The summed E-state index contributed by atoms with van der Waals surface area (Å²) < 4.78 is 0. The first-order valence-corrected chi connectivity index (χ1v) is 7.50. The molecular weight excluding hydrogens is 268 g/mol. The Balaban J connectivity index is 1.98. The largest absolute Gasteiger partial charge is 0.388 e. The van der Waals surface area contributed by atoms with Crippen LogP contribution < -0.4 is 5.73 Å². The third kappa shape index (κ3) is 3.75. The van der Waals surface area contributed by atoms with Crippen molar-refractivity contribution in [1.82, 2.24) is 14.8 Å². The van der Waals surface area contributed by atoms with Crippen molar-refractivity contribution in [3.8, 4) is 0 Å². The second-order valence-electron chi connectivity index (χ2n) is 6.31. The third-order valence-corrected chi connectivity index (χ3v) is 4.03. The van der Waals surface area contributed by atoms with Gasteiger partial charge in [0.1, 0.15) is 10.7 Å². The van der Waals surface area contributed by atoms with Gasteiger partial charge in [0.05, 0.1) is 0 Å². The average molecular weight is 292 g/mol. The number of hydrogen-bond donors (Lipinski definition) is 1. The van der Waals surface area contributed by atoms with Gasteiger partial charge in [-0.2, -0.15) is 0 Å². The molecule has 2 rings (SSSR count). The Hall–Kier alpha value is -1.04. The van der Waals surface area contributed by atoms with Gasteiger partial charge in [0, 0.05) is 44.5 Å². The molecule has 0 bridgehead atoms. The minimum absolute atomic E-state index is 0.254. The van der Waals surface area contributed by atoms with Crippen LogP contribution in [0.1, 0.15) is 32.0 Å². The van der Waals surface area contributed by atoms with Gasteiger partial charge >= 0.3 is 0 Å². The number of rotatable bonds is 3. The highest BCUT2D eigenvalue weighted by atomic mass is 32.1. The Morgan fingerprint density at radius 2 is 1.95 bits per heavy atom. The van der Waals surface area contributed by atoms with Crippen LogP contribution in [0, 0.1) is 0 Å². The van der Waals surface area contributed by atoms with Crippen molar-refractivity contribution in [2.24, 2.45) is 5.73 Å². The molecule has 2 N–H and O–H groups in total. The van der Waals surface area contributed by atoms with Crippen molar-refractivity contribution in [2.75, 3.05) is 26.2 Å².